The molecule has 0 unspecified atom stereocenters. The minimum Gasteiger partial charge on any atom is -0.464 e. The van der Waals surface area contributed by atoms with Gasteiger partial charge in [-0.25, -0.2) is 0 Å². The number of esters is 1. The summed E-state index contributed by atoms with van der Waals surface area (Å²) < 4.78 is 10.9. The van der Waals surface area contributed by atoms with E-state index in [-0.39, 0.29) is 18.1 Å². The maximum absolute atomic E-state index is 12.0. The Labute approximate surface area is 152 Å². The molecule has 0 aromatic carbocycles. The Morgan fingerprint density at radius 2 is 2.20 bits per heavy atom. The highest BCUT2D eigenvalue weighted by molar-refractivity contribution is 8.00. The Morgan fingerprint density at radius 1 is 1.40 bits per heavy atom. The molecule has 10 heteroatoms. The Balaban J connectivity index is 1.92. The first-order valence-electron chi connectivity index (χ1n) is 7.54. The minimum atomic E-state index is -0.448. The normalized spacial score (nSPS) is 10.5. The molecule has 0 spiro atoms. The average molecular weight is 383 g/mol. The van der Waals surface area contributed by atoms with Gasteiger partial charge in [0.15, 0.2) is 4.34 Å². The maximum Gasteiger partial charge on any atom is 0.311 e. The highest BCUT2D eigenvalue weighted by atomic mass is 32.2. The number of thioether (sulfide) groups is 1. The number of rotatable bonds is 8. The van der Waals surface area contributed by atoms with Gasteiger partial charge in [0.05, 0.1) is 5.75 Å². The molecule has 2 aromatic rings. The fourth-order valence-electron chi connectivity index (χ4n) is 1.69. The molecule has 0 radical (unpaired) electrons. The Hall–Kier alpha value is -2.20. The van der Waals surface area contributed by atoms with Gasteiger partial charge in [-0.3, -0.25) is 14.4 Å². The van der Waals surface area contributed by atoms with Gasteiger partial charge in [0.1, 0.15) is 12.0 Å². The lowest BCUT2D eigenvalue weighted by Gasteiger charge is -2.03. The number of hydrogen-bond donors (Lipinski definition) is 1. The molecule has 2 aromatic heterocycles. The molecule has 1 amide bonds. The first-order valence-corrected chi connectivity index (χ1v) is 9.34. The smallest absolute Gasteiger partial charge is 0.311 e. The first kappa shape index (κ1) is 19.1. The van der Waals surface area contributed by atoms with Crippen LogP contribution in [0.1, 0.15) is 38.9 Å². The Kier molecular flexibility index (Phi) is 7.14. The lowest BCUT2D eigenvalue weighted by molar-refractivity contribution is -0.134. The van der Waals surface area contributed by atoms with Crippen molar-refractivity contribution >= 4 is 40.1 Å². The molecule has 0 saturated heterocycles. The summed E-state index contributed by atoms with van der Waals surface area (Å²) >= 11 is 2.54. The van der Waals surface area contributed by atoms with Gasteiger partial charge >= 0.3 is 5.97 Å². The quantitative estimate of drug-likeness (QED) is 0.421. The van der Waals surface area contributed by atoms with Crippen molar-refractivity contribution in [2.45, 2.75) is 43.2 Å². The number of ether oxygens (including phenoxy) is 1. The molecule has 8 nitrogen and oxygen atoms in total. The van der Waals surface area contributed by atoms with E-state index < -0.39 is 11.4 Å². The van der Waals surface area contributed by atoms with Crippen molar-refractivity contribution < 1.29 is 18.7 Å². The first-order chi connectivity index (χ1) is 12.0. The number of nitrogens with zero attached hydrogens (tertiary/aromatic N) is 2. The molecular weight excluding hydrogens is 366 g/mol. The molecule has 0 aliphatic heterocycles. The number of aromatic nitrogens is 2. The predicted molar refractivity (Wildman–Crippen MR) is 93.9 cm³/mol. The molecule has 134 valence electrons. The number of anilines is 1. The van der Waals surface area contributed by atoms with Crippen LogP contribution in [-0.2, 0) is 15.3 Å². The van der Waals surface area contributed by atoms with E-state index in [2.05, 4.69) is 15.5 Å². The largest absolute Gasteiger partial charge is 0.464 e. The van der Waals surface area contributed by atoms with E-state index in [1.807, 2.05) is 6.92 Å². The SMILES string of the molecule is CCCCC(=O)Oc1coc(CSc2nnc(NC(C)=O)s2)cc1=O. The molecular formula is C15H17N3O5S2. The van der Waals surface area contributed by atoms with E-state index in [0.717, 1.165) is 12.7 Å². The minimum absolute atomic E-state index is 0.112. The summed E-state index contributed by atoms with van der Waals surface area (Å²) in [5.41, 5.74) is -0.414. The number of carbonyl (C=O) groups is 2. The molecule has 1 N–H and O–H groups in total. The molecule has 0 fully saturated rings. The van der Waals surface area contributed by atoms with Crippen LogP contribution in [0.2, 0.25) is 0 Å². The third-order valence-corrected chi connectivity index (χ3v) is 4.83. The molecule has 0 saturated carbocycles. The zero-order valence-electron chi connectivity index (χ0n) is 13.7. The lowest BCUT2D eigenvalue weighted by Crippen LogP contribution is -2.14. The van der Waals surface area contributed by atoms with Gasteiger partial charge in [0, 0.05) is 19.4 Å². The third-order valence-electron chi connectivity index (χ3n) is 2.84. The number of hydrogen-bond acceptors (Lipinski definition) is 9. The second-order valence-electron chi connectivity index (χ2n) is 5.00. The van der Waals surface area contributed by atoms with Crippen molar-refractivity contribution in [3.8, 4) is 5.75 Å². The third kappa shape index (κ3) is 6.31. The molecule has 0 atom stereocenters. The van der Waals surface area contributed by atoms with Gasteiger partial charge in [-0.1, -0.05) is 36.4 Å². The van der Waals surface area contributed by atoms with E-state index in [1.54, 1.807) is 0 Å². The second-order valence-corrected chi connectivity index (χ2v) is 7.20. The molecule has 0 bridgehead atoms. The Bertz CT molecular complexity index is 802. The summed E-state index contributed by atoms with van der Waals surface area (Å²) in [6.45, 7) is 3.35. The van der Waals surface area contributed by atoms with E-state index in [1.165, 1.54) is 36.1 Å². The van der Waals surface area contributed by atoms with Crippen LogP contribution in [0, 0.1) is 0 Å². The fourth-order valence-corrected chi connectivity index (χ4v) is 3.37. The summed E-state index contributed by atoms with van der Waals surface area (Å²) in [7, 11) is 0. The van der Waals surface area contributed by atoms with E-state index in [0.29, 0.717) is 27.4 Å². The van der Waals surface area contributed by atoms with Gasteiger partial charge in [0.25, 0.3) is 0 Å². The van der Waals surface area contributed by atoms with Crippen molar-refractivity contribution in [3.05, 3.63) is 28.3 Å². The summed E-state index contributed by atoms with van der Waals surface area (Å²) in [6, 6.07) is 1.28. The number of unbranched alkanes of at least 4 members (excludes halogenated alkanes) is 1. The molecule has 2 heterocycles. The van der Waals surface area contributed by atoms with Crippen molar-refractivity contribution in [3.63, 3.8) is 0 Å². The predicted octanol–water partition coefficient (Wildman–Crippen LogP) is 2.84. The highest BCUT2D eigenvalue weighted by Gasteiger charge is 2.11. The van der Waals surface area contributed by atoms with Crippen molar-refractivity contribution in [2.75, 3.05) is 5.32 Å². The van der Waals surface area contributed by atoms with Crippen LogP contribution < -0.4 is 15.5 Å². The molecule has 0 aliphatic carbocycles. The van der Waals surface area contributed by atoms with Crippen molar-refractivity contribution in [2.24, 2.45) is 0 Å². The van der Waals surface area contributed by atoms with Gasteiger partial charge in [-0.15, -0.1) is 10.2 Å². The highest BCUT2D eigenvalue weighted by Crippen LogP contribution is 2.28. The topological polar surface area (TPSA) is 111 Å². The second kappa shape index (κ2) is 9.33. The lowest BCUT2D eigenvalue weighted by atomic mass is 10.2. The average Bonchev–Trinajstić information content (AvgIpc) is 3.00. The van der Waals surface area contributed by atoms with Crippen LogP contribution in [0.15, 0.2) is 25.9 Å². The molecule has 25 heavy (non-hydrogen) atoms. The standard InChI is InChI=1S/C15H17N3O5S2/c1-3-4-5-13(21)23-12-7-22-10(6-11(12)20)8-24-15-18-17-14(25-15)16-9(2)19/h6-7H,3-5,8H2,1-2H3,(H,16,17,19). The number of nitrogens with one attached hydrogen (secondary N) is 1. The summed E-state index contributed by atoms with van der Waals surface area (Å²) in [6.07, 6.45) is 2.99. The van der Waals surface area contributed by atoms with Gasteiger partial charge in [-0.2, -0.15) is 0 Å². The van der Waals surface area contributed by atoms with Gasteiger partial charge in [0.2, 0.25) is 22.2 Å². The fraction of sp³-hybridized carbons (Fsp3) is 0.400. The Morgan fingerprint density at radius 3 is 2.88 bits per heavy atom. The number of carbonyl (C=O) groups excluding carboxylic acids is 2. The van der Waals surface area contributed by atoms with Crippen LogP contribution in [0.5, 0.6) is 5.75 Å². The van der Waals surface area contributed by atoms with Crippen LogP contribution in [0.25, 0.3) is 0 Å². The summed E-state index contributed by atoms with van der Waals surface area (Å²) in [5, 5.41) is 10.7. The number of amides is 1. The van der Waals surface area contributed by atoms with Crippen molar-refractivity contribution in [1.29, 1.82) is 0 Å². The van der Waals surface area contributed by atoms with Gasteiger partial charge < -0.3 is 14.5 Å². The van der Waals surface area contributed by atoms with E-state index in [4.69, 9.17) is 9.15 Å². The summed E-state index contributed by atoms with van der Waals surface area (Å²) in [4.78, 5) is 34.5. The van der Waals surface area contributed by atoms with E-state index in [9.17, 15) is 14.4 Å². The molecule has 2 rings (SSSR count). The zero-order valence-corrected chi connectivity index (χ0v) is 15.4. The van der Waals surface area contributed by atoms with Crippen molar-refractivity contribution in [1.82, 2.24) is 10.2 Å². The van der Waals surface area contributed by atoms with Crippen LogP contribution in [-0.4, -0.2) is 22.1 Å². The van der Waals surface area contributed by atoms with Crippen LogP contribution >= 0.6 is 23.1 Å². The monoisotopic (exact) mass is 383 g/mol. The van der Waals surface area contributed by atoms with Gasteiger partial charge in [-0.05, 0) is 6.42 Å². The zero-order chi connectivity index (χ0) is 18.2. The molecule has 0 aliphatic rings. The van der Waals surface area contributed by atoms with Crippen LogP contribution in [0.4, 0.5) is 5.13 Å². The summed E-state index contributed by atoms with van der Waals surface area (Å²) in [5.74, 6) is -0.00895. The maximum atomic E-state index is 12.0. The van der Waals surface area contributed by atoms with Crippen LogP contribution in [0.3, 0.4) is 0 Å². The van der Waals surface area contributed by atoms with E-state index >= 15 is 0 Å².